The highest BCUT2D eigenvalue weighted by Crippen LogP contribution is 2.43. The molecule has 1 aliphatic carbocycles. The molecule has 0 radical (unpaired) electrons. The Morgan fingerprint density at radius 2 is 1.86 bits per heavy atom. The van der Waals surface area contributed by atoms with Crippen LogP contribution in [-0.2, 0) is 17.3 Å². The summed E-state index contributed by atoms with van der Waals surface area (Å²) >= 11 is 0. The summed E-state index contributed by atoms with van der Waals surface area (Å²) in [6, 6.07) is 7.34. The second-order valence-corrected chi connectivity index (χ2v) is 5.67. The molecule has 21 heavy (non-hydrogen) atoms. The predicted octanol–water partition coefficient (Wildman–Crippen LogP) is 2.07. The fourth-order valence-electron chi connectivity index (χ4n) is 3.31. The third kappa shape index (κ3) is 2.00. The van der Waals surface area contributed by atoms with Crippen molar-refractivity contribution >= 4 is 5.97 Å². The van der Waals surface area contributed by atoms with E-state index in [1.165, 1.54) is 9.13 Å². The molecule has 1 heterocycles. The van der Waals surface area contributed by atoms with Crippen molar-refractivity contribution in [3.63, 3.8) is 0 Å². The molecule has 110 valence electrons. The summed E-state index contributed by atoms with van der Waals surface area (Å²) in [5.74, 6) is -0.795. The summed E-state index contributed by atoms with van der Waals surface area (Å²) < 4.78 is 3.01. The van der Waals surface area contributed by atoms with E-state index < -0.39 is 11.4 Å². The number of benzene rings is 1. The van der Waals surface area contributed by atoms with E-state index in [0.717, 1.165) is 18.4 Å². The number of aryl methyl sites for hydroxylation is 1. The maximum Gasteiger partial charge on any atom is 0.332 e. The van der Waals surface area contributed by atoms with Crippen LogP contribution in [-0.4, -0.2) is 20.2 Å². The van der Waals surface area contributed by atoms with E-state index in [1.54, 1.807) is 19.4 Å². The Labute approximate surface area is 122 Å². The monoisotopic (exact) mass is 286 g/mol. The van der Waals surface area contributed by atoms with Crippen LogP contribution in [0.1, 0.15) is 31.2 Å². The van der Waals surface area contributed by atoms with Crippen LogP contribution < -0.4 is 5.69 Å². The second kappa shape index (κ2) is 4.91. The van der Waals surface area contributed by atoms with E-state index in [1.807, 2.05) is 24.3 Å². The average molecular weight is 286 g/mol. The largest absolute Gasteiger partial charge is 0.481 e. The van der Waals surface area contributed by atoms with Gasteiger partial charge in [0, 0.05) is 19.4 Å². The van der Waals surface area contributed by atoms with Gasteiger partial charge >= 0.3 is 11.7 Å². The molecule has 0 atom stereocenters. The zero-order valence-electron chi connectivity index (χ0n) is 12.0. The molecular formula is C16H18N2O3. The minimum Gasteiger partial charge on any atom is -0.481 e. The summed E-state index contributed by atoms with van der Waals surface area (Å²) in [4.78, 5) is 24.1. The summed E-state index contributed by atoms with van der Waals surface area (Å²) in [5, 5.41) is 9.77. The lowest BCUT2D eigenvalue weighted by molar-refractivity contribution is -0.143. The Morgan fingerprint density at radius 1 is 1.19 bits per heavy atom. The van der Waals surface area contributed by atoms with Gasteiger partial charge in [-0.1, -0.05) is 31.0 Å². The molecule has 1 saturated carbocycles. The summed E-state index contributed by atoms with van der Waals surface area (Å²) in [5.41, 5.74) is 0.378. The number of rotatable bonds is 3. The Hall–Kier alpha value is -2.30. The molecule has 0 unspecified atom stereocenters. The second-order valence-electron chi connectivity index (χ2n) is 5.67. The predicted molar refractivity (Wildman–Crippen MR) is 78.8 cm³/mol. The van der Waals surface area contributed by atoms with E-state index in [2.05, 4.69) is 0 Å². The fraction of sp³-hybridized carbons (Fsp3) is 0.375. The lowest BCUT2D eigenvalue weighted by Crippen LogP contribution is -2.34. The minimum absolute atomic E-state index is 0.166. The highest BCUT2D eigenvalue weighted by atomic mass is 16.4. The smallest absolute Gasteiger partial charge is 0.332 e. The van der Waals surface area contributed by atoms with Gasteiger partial charge in [-0.25, -0.2) is 4.79 Å². The number of aromatic nitrogens is 2. The fourth-order valence-corrected chi connectivity index (χ4v) is 3.31. The lowest BCUT2D eigenvalue weighted by atomic mass is 9.78. The molecule has 1 fully saturated rings. The number of aliphatic carboxylic acids is 1. The maximum atomic E-state index is 12.2. The average Bonchev–Trinajstić information content (AvgIpc) is 3.09. The quantitative estimate of drug-likeness (QED) is 0.939. The van der Waals surface area contributed by atoms with E-state index >= 15 is 0 Å². The topological polar surface area (TPSA) is 64.2 Å². The Morgan fingerprint density at radius 3 is 2.43 bits per heavy atom. The van der Waals surface area contributed by atoms with Gasteiger partial charge in [0.1, 0.15) is 0 Å². The number of carboxylic acids is 1. The lowest BCUT2D eigenvalue weighted by Gasteiger charge is -2.26. The van der Waals surface area contributed by atoms with Crippen molar-refractivity contribution < 1.29 is 9.90 Å². The van der Waals surface area contributed by atoms with Crippen LogP contribution in [0.15, 0.2) is 41.5 Å². The van der Waals surface area contributed by atoms with Gasteiger partial charge in [-0.2, -0.15) is 0 Å². The minimum atomic E-state index is -0.869. The van der Waals surface area contributed by atoms with Crippen molar-refractivity contribution in [2.45, 2.75) is 31.1 Å². The molecule has 0 spiro atoms. The molecule has 0 saturated heterocycles. The molecule has 1 N–H and O–H groups in total. The van der Waals surface area contributed by atoms with Crippen molar-refractivity contribution in [3.8, 4) is 5.69 Å². The van der Waals surface area contributed by atoms with Crippen molar-refractivity contribution in [1.29, 1.82) is 0 Å². The molecule has 5 heteroatoms. The van der Waals surface area contributed by atoms with E-state index in [-0.39, 0.29) is 5.69 Å². The van der Waals surface area contributed by atoms with Gasteiger partial charge in [-0.3, -0.25) is 9.36 Å². The maximum absolute atomic E-state index is 12.2. The van der Waals surface area contributed by atoms with Crippen molar-refractivity contribution in [2.24, 2.45) is 7.05 Å². The van der Waals surface area contributed by atoms with Gasteiger partial charge in [0.2, 0.25) is 0 Å². The number of carboxylic acid groups (broad SMARTS) is 1. The number of nitrogens with zero attached hydrogens (tertiary/aromatic N) is 2. The molecule has 0 amide bonds. The first-order valence-corrected chi connectivity index (χ1v) is 7.13. The zero-order chi connectivity index (χ0) is 15.0. The van der Waals surface area contributed by atoms with Crippen LogP contribution in [0.2, 0.25) is 0 Å². The van der Waals surface area contributed by atoms with Crippen LogP contribution in [0, 0.1) is 0 Å². The summed E-state index contributed by atoms with van der Waals surface area (Å²) in [6.07, 6.45) is 6.43. The molecule has 0 bridgehead atoms. The normalized spacial score (nSPS) is 17.0. The Balaban J connectivity index is 2.23. The molecule has 1 aliphatic rings. The van der Waals surface area contributed by atoms with Crippen LogP contribution in [0.4, 0.5) is 0 Å². The van der Waals surface area contributed by atoms with Crippen molar-refractivity contribution in [1.82, 2.24) is 9.13 Å². The zero-order valence-corrected chi connectivity index (χ0v) is 12.0. The molecule has 5 nitrogen and oxygen atoms in total. The van der Waals surface area contributed by atoms with Gasteiger partial charge in [-0.05, 0) is 24.5 Å². The molecule has 1 aromatic heterocycles. The number of hydrogen-bond acceptors (Lipinski definition) is 2. The van der Waals surface area contributed by atoms with Gasteiger partial charge in [0.25, 0.3) is 0 Å². The van der Waals surface area contributed by atoms with E-state index in [4.69, 9.17) is 0 Å². The Kier molecular flexibility index (Phi) is 3.20. The van der Waals surface area contributed by atoms with Crippen LogP contribution >= 0.6 is 0 Å². The van der Waals surface area contributed by atoms with Crippen molar-refractivity contribution in [3.05, 3.63) is 52.7 Å². The standard InChI is InChI=1S/C16H18N2O3/c1-17-10-11-18(15(17)21)13-7-3-2-6-12(13)16(14(19)20)8-4-5-9-16/h2-3,6-7,10-11H,4-5,8-9H2,1H3,(H,19,20). The number of hydrogen-bond donors (Lipinski definition) is 1. The van der Waals surface area contributed by atoms with E-state index in [0.29, 0.717) is 18.5 Å². The van der Waals surface area contributed by atoms with Gasteiger partial charge < -0.3 is 9.67 Å². The molecule has 1 aromatic carbocycles. The van der Waals surface area contributed by atoms with E-state index in [9.17, 15) is 14.7 Å². The highest BCUT2D eigenvalue weighted by Gasteiger charge is 2.44. The highest BCUT2D eigenvalue weighted by molar-refractivity contribution is 5.83. The van der Waals surface area contributed by atoms with Crippen molar-refractivity contribution in [2.75, 3.05) is 0 Å². The first kappa shape index (κ1) is 13.7. The molecule has 0 aliphatic heterocycles. The van der Waals surface area contributed by atoms with Crippen LogP contribution in [0.5, 0.6) is 0 Å². The first-order chi connectivity index (χ1) is 10.1. The van der Waals surface area contributed by atoms with Crippen LogP contribution in [0.25, 0.3) is 5.69 Å². The first-order valence-electron chi connectivity index (χ1n) is 7.13. The number of imidazole rings is 1. The van der Waals surface area contributed by atoms with Crippen LogP contribution in [0.3, 0.4) is 0 Å². The molecular weight excluding hydrogens is 268 g/mol. The summed E-state index contributed by atoms with van der Waals surface area (Å²) in [6.45, 7) is 0. The van der Waals surface area contributed by atoms with Gasteiger partial charge in [0.05, 0.1) is 11.1 Å². The SMILES string of the molecule is Cn1ccn(-c2ccccc2C2(C(=O)O)CCCC2)c1=O. The Bertz CT molecular complexity index is 736. The van der Waals surface area contributed by atoms with Gasteiger partial charge in [-0.15, -0.1) is 0 Å². The molecule has 2 aromatic rings. The third-order valence-corrected chi connectivity index (χ3v) is 4.49. The molecule has 3 rings (SSSR count). The number of carbonyl (C=O) groups is 1. The number of para-hydroxylation sites is 1. The third-order valence-electron chi connectivity index (χ3n) is 4.49. The van der Waals surface area contributed by atoms with Gasteiger partial charge in [0.15, 0.2) is 0 Å². The summed E-state index contributed by atoms with van der Waals surface area (Å²) in [7, 11) is 1.68.